The lowest BCUT2D eigenvalue weighted by molar-refractivity contribution is -0.384. The number of benzene rings is 2. The van der Waals surface area contributed by atoms with Gasteiger partial charge in [-0.1, -0.05) is 23.5 Å². The van der Waals surface area contributed by atoms with Gasteiger partial charge in [-0.05, 0) is 49.4 Å². The van der Waals surface area contributed by atoms with E-state index >= 15 is 0 Å². The SMILES string of the molecule is COC(Cc1ccc([N+](=O)[O-])cc1)NC1CCC(OCC(=O)N2CCN(c3nc4cc(C(F)(F)F)ccc4s3)CC2)CC1. The largest absolute Gasteiger partial charge is 0.416 e. The molecule has 0 radical (unpaired) electrons. The molecule has 1 aliphatic carbocycles. The van der Waals surface area contributed by atoms with E-state index < -0.39 is 16.7 Å². The second kappa shape index (κ2) is 13.5. The number of methoxy groups -OCH3 is 1. The van der Waals surface area contributed by atoms with E-state index in [4.69, 9.17) is 9.47 Å². The number of nitrogens with one attached hydrogen (secondary N) is 1. The minimum Gasteiger partial charge on any atom is -0.368 e. The highest BCUT2D eigenvalue weighted by Gasteiger charge is 2.31. The van der Waals surface area contributed by atoms with Gasteiger partial charge in [0.25, 0.3) is 5.69 Å². The van der Waals surface area contributed by atoms with Crippen molar-refractivity contribution < 1.29 is 32.4 Å². The molecule has 2 heterocycles. The van der Waals surface area contributed by atoms with E-state index in [9.17, 15) is 28.1 Å². The highest BCUT2D eigenvalue weighted by molar-refractivity contribution is 7.22. The minimum atomic E-state index is -4.41. The van der Waals surface area contributed by atoms with Crippen LogP contribution >= 0.6 is 11.3 Å². The van der Waals surface area contributed by atoms with E-state index in [1.54, 1.807) is 24.1 Å². The smallest absolute Gasteiger partial charge is 0.368 e. The Bertz CT molecular complexity index is 1400. The van der Waals surface area contributed by atoms with Crippen LogP contribution in [-0.2, 0) is 26.9 Å². The van der Waals surface area contributed by atoms with Crippen LogP contribution in [0.5, 0.6) is 0 Å². The van der Waals surface area contributed by atoms with Crippen molar-refractivity contribution in [1.29, 1.82) is 0 Å². The number of alkyl halides is 3. The number of piperazine rings is 1. The number of carbonyl (C=O) groups is 1. The number of aromatic nitrogens is 1. The van der Waals surface area contributed by atoms with Crippen molar-refractivity contribution in [2.24, 2.45) is 0 Å². The third kappa shape index (κ3) is 7.99. The van der Waals surface area contributed by atoms with E-state index in [0.717, 1.165) is 43.4 Å². The number of rotatable bonds is 10. The number of nitro benzene ring substituents is 1. The first-order valence-electron chi connectivity index (χ1n) is 14.2. The maximum Gasteiger partial charge on any atom is 0.416 e. The lowest BCUT2D eigenvalue weighted by atomic mass is 9.92. The molecule has 1 aliphatic heterocycles. The van der Waals surface area contributed by atoms with Crippen LogP contribution in [-0.4, -0.2) is 79.0 Å². The Labute approximate surface area is 250 Å². The Kier molecular flexibility index (Phi) is 9.79. The summed E-state index contributed by atoms with van der Waals surface area (Å²) in [5.74, 6) is -0.0680. The molecule has 5 rings (SSSR count). The third-order valence-electron chi connectivity index (χ3n) is 8.00. The van der Waals surface area contributed by atoms with E-state index in [1.165, 1.54) is 29.5 Å². The summed E-state index contributed by atoms with van der Waals surface area (Å²) in [6, 6.07) is 10.3. The molecule has 2 aromatic carbocycles. The molecule has 10 nitrogen and oxygen atoms in total. The molecule has 1 aromatic heterocycles. The molecular formula is C29H34F3N5O5S. The standard InChI is InChI=1S/C29H34F3N5O5S/c1-41-26(16-19-2-7-22(8-3-19)37(39)40)33-21-5-9-23(10-6-21)42-18-27(38)35-12-14-36(15-13-35)28-34-24-17-20(29(30,31)32)4-11-25(24)43-28/h2-4,7-8,11,17,21,23,26,33H,5-6,9-10,12-16,18H2,1H3. The first-order chi connectivity index (χ1) is 20.6. The van der Waals surface area contributed by atoms with Crippen LogP contribution in [0.2, 0.25) is 0 Å². The minimum absolute atomic E-state index is 0.00305. The van der Waals surface area contributed by atoms with Crippen LogP contribution in [0.15, 0.2) is 42.5 Å². The highest BCUT2D eigenvalue weighted by atomic mass is 32.1. The number of amides is 1. The molecule has 2 fully saturated rings. The van der Waals surface area contributed by atoms with Gasteiger partial charge in [0.1, 0.15) is 12.8 Å². The Balaban J connectivity index is 1.02. The van der Waals surface area contributed by atoms with Gasteiger partial charge in [0.2, 0.25) is 5.91 Å². The van der Waals surface area contributed by atoms with Crippen LogP contribution in [0, 0.1) is 10.1 Å². The maximum absolute atomic E-state index is 13.0. The van der Waals surface area contributed by atoms with Crippen molar-refractivity contribution >= 4 is 38.3 Å². The lowest BCUT2D eigenvalue weighted by Gasteiger charge is -2.35. The normalized spacial score (nSPS) is 20.4. The predicted octanol–water partition coefficient (Wildman–Crippen LogP) is 5.00. The predicted molar refractivity (Wildman–Crippen MR) is 156 cm³/mol. The molecule has 232 valence electrons. The molecule has 1 unspecified atom stereocenters. The van der Waals surface area contributed by atoms with Gasteiger partial charge >= 0.3 is 6.18 Å². The van der Waals surface area contributed by atoms with Crippen LogP contribution in [0.1, 0.15) is 36.8 Å². The van der Waals surface area contributed by atoms with Gasteiger partial charge in [0.05, 0.1) is 26.8 Å². The first-order valence-corrected chi connectivity index (χ1v) is 15.0. The second-order valence-electron chi connectivity index (χ2n) is 10.8. The maximum atomic E-state index is 13.0. The number of halogens is 3. The van der Waals surface area contributed by atoms with Crippen molar-refractivity contribution in [2.75, 3.05) is 44.8 Å². The molecule has 0 bridgehead atoms. The molecule has 1 saturated heterocycles. The summed E-state index contributed by atoms with van der Waals surface area (Å²) < 4.78 is 51.4. The van der Waals surface area contributed by atoms with Gasteiger partial charge in [-0.2, -0.15) is 13.2 Å². The quantitative estimate of drug-likeness (QED) is 0.191. The van der Waals surface area contributed by atoms with Gasteiger partial charge in [-0.25, -0.2) is 4.98 Å². The van der Waals surface area contributed by atoms with E-state index in [1.807, 2.05) is 4.90 Å². The van der Waals surface area contributed by atoms with Crippen molar-refractivity contribution in [1.82, 2.24) is 15.2 Å². The van der Waals surface area contributed by atoms with Crippen LogP contribution < -0.4 is 10.2 Å². The summed E-state index contributed by atoms with van der Waals surface area (Å²) in [5, 5.41) is 15.0. The van der Waals surface area contributed by atoms with Crippen LogP contribution in [0.3, 0.4) is 0 Å². The number of carbonyl (C=O) groups excluding carboxylic acids is 1. The Morgan fingerprint density at radius 3 is 2.44 bits per heavy atom. The van der Waals surface area contributed by atoms with Crippen molar-refractivity contribution in [3.63, 3.8) is 0 Å². The number of ether oxygens (including phenoxy) is 2. The fourth-order valence-corrected chi connectivity index (χ4v) is 6.49. The lowest BCUT2D eigenvalue weighted by Crippen LogP contribution is -2.50. The summed E-state index contributed by atoms with van der Waals surface area (Å²) in [6.45, 7) is 2.11. The summed E-state index contributed by atoms with van der Waals surface area (Å²) in [6.07, 6.45) is -0.638. The fourth-order valence-electron chi connectivity index (χ4n) is 5.49. The number of thiazole rings is 1. The van der Waals surface area contributed by atoms with E-state index in [2.05, 4.69) is 10.3 Å². The van der Waals surface area contributed by atoms with Crippen molar-refractivity contribution in [3.8, 4) is 0 Å². The van der Waals surface area contributed by atoms with Gasteiger partial charge < -0.3 is 19.3 Å². The molecule has 0 spiro atoms. The average Bonchev–Trinajstić information content (AvgIpc) is 3.44. The van der Waals surface area contributed by atoms with Crippen LogP contribution in [0.4, 0.5) is 24.0 Å². The molecule has 1 atom stereocenters. The van der Waals surface area contributed by atoms with Gasteiger partial charge in [-0.3, -0.25) is 20.2 Å². The zero-order valence-corrected chi connectivity index (χ0v) is 24.5. The van der Waals surface area contributed by atoms with Gasteiger partial charge in [-0.15, -0.1) is 0 Å². The van der Waals surface area contributed by atoms with Gasteiger partial charge in [0.15, 0.2) is 5.13 Å². The number of anilines is 1. The van der Waals surface area contributed by atoms with Crippen LogP contribution in [0.25, 0.3) is 10.2 Å². The Morgan fingerprint density at radius 2 is 1.81 bits per heavy atom. The molecule has 1 amide bonds. The number of hydrogen-bond donors (Lipinski definition) is 1. The molecule has 1 saturated carbocycles. The molecule has 14 heteroatoms. The average molecular weight is 622 g/mol. The summed E-state index contributed by atoms with van der Waals surface area (Å²) in [5.41, 5.74) is 0.619. The van der Waals surface area contributed by atoms with Crippen molar-refractivity contribution in [2.45, 2.75) is 56.7 Å². The molecule has 3 aromatic rings. The molecule has 2 aliphatic rings. The second-order valence-corrected chi connectivity index (χ2v) is 11.9. The molecular weight excluding hydrogens is 587 g/mol. The summed E-state index contributed by atoms with van der Waals surface area (Å²) in [4.78, 5) is 31.5. The fraction of sp³-hybridized carbons (Fsp3) is 0.517. The van der Waals surface area contributed by atoms with E-state index in [0.29, 0.717) is 47.9 Å². The molecule has 1 N–H and O–H groups in total. The number of nitro groups is 1. The highest BCUT2D eigenvalue weighted by Crippen LogP contribution is 2.35. The summed E-state index contributed by atoms with van der Waals surface area (Å²) in [7, 11) is 1.63. The van der Waals surface area contributed by atoms with E-state index in [-0.39, 0.29) is 36.6 Å². The number of hydrogen-bond acceptors (Lipinski definition) is 9. The Morgan fingerprint density at radius 1 is 1.12 bits per heavy atom. The topological polar surface area (TPSA) is 110 Å². The first kappa shape index (κ1) is 31.1. The number of nitrogens with zero attached hydrogens (tertiary/aromatic N) is 4. The zero-order valence-electron chi connectivity index (χ0n) is 23.7. The van der Waals surface area contributed by atoms with Crippen molar-refractivity contribution in [3.05, 3.63) is 63.7 Å². The summed E-state index contributed by atoms with van der Waals surface area (Å²) >= 11 is 1.35. The molecule has 43 heavy (non-hydrogen) atoms. The number of non-ortho nitro benzene ring substituents is 1. The number of fused-ring (bicyclic) bond motifs is 1. The Hall–Kier alpha value is -3.33. The third-order valence-corrected chi connectivity index (χ3v) is 9.09. The van der Waals surface area contributed by atoms with Gasteiger partial charge in [0, 0.05) is 57.9 Å². The zero-order chi connectivity index (χ0) is 30.6. The monoisotopic (exact) mass is 621 g/mol.